The van der Waals surface area contributed by atoms with Crippen molar-refractivity contribution >= 4 is 5.91 Å². The second-order valence-corrected chi connectivity index (χ2v) is 6.07. The van der Waals surface area contributed by atoms with Crippen molar-refractivity contribution in [1.29, 1.82) is 0 Å². The Hall–Kier alpha value is -1.35. The highest BCUT2D eigenvalue weighted by molar-refractivity contribution is 5.84. The van der Waals surface area contributed by atoms with Crippen molar-refractivity contribution in [2.45, 2.75) is 38.0 Å². The lowest BCUT2D eigenvalue weighted by Crippen LogP contribution is -2.35. The Labute approximate surface area is 121 Å². The van der Waals surface area contributed by atoms with E-state index in [2.05, 4.69) is 41.8 Å². The van der Waals surface area contributed by atoms with Crippen molar-refractivity contribution in [3.63, 3.8) is 0 Å². The Morgan fingerprint density at radius 2 is 2.20 bits per heavy atom. The first-order valence-electron chi connectivity index (χ1n) is 7.85. The molecule has 1 amide bonds. The highest BCUT2D eigenvalue weighted by Gasteiger charge is 2.59. The van der Waals surface area contributed by atoms with Crippen LogP contribution < -0.4 is 10.6 Å². The number of carbonyl (C=O) groups excluding carboxylic acids is 1. The van der Waals surface area contributed by atoms with Gasteiger partial charge >= 0.3 is 0 Å². The first-order valence-corrected chi connectivity index (χ1v) is 7.85. The van der Waals surface area contributed by atoms with Gasteiger partial charge in [-0.1, -0.05) is 31.2 Å². The molecule has 3 heteroatoms. The van der Waals surface area contributed by atoms with Gasteiger partial charge in [0.15, 0.2) is 0 Å². The van der Waals surface area contributed by atoms with E-state index in [4.69, 9.17) is 0 Å². The van der Waals surface area contributed by atoms with Crippen LogP contribution in [0, 0.1) is 5.92 Å². The number of likely N-dealkylation sites (N-methyl/N-ethyl adjacent to an activating group) is 1. The minimum atomic E-state index is 0.164. The van der Waals surface area contributed by atoms with E-state index in [1.807, 2.05) is 0 Å². The first-order chi connectivity index (χ1) is 9.78. The molecule has 3 rings (SSSR count). The molecule has 0 bridgehead atoms. The standard InChI is InChI=1S/C17H24N2O/c1-2-18-10-11-19-16(20)15-12-17(15)9-5-7-13-6-3-4-8-14(13)17/h3-4,6,8,15,18H,2,5,7,9-12H2,1H3,(H,19,20). The maximum Gasteiger partial charge on any atom is 0.224 e. The summed E-state index contributed by atoms with van der Waals surface area (Å²) in [4.78, 5) is 12.3. The third-order valence-electron chi connectivity index (χ3n) is 4.87. The molecule has 108 valence electrons. The monoisotopic (exact) mass is 272 g/mol. The third kappa shape index (κ3) is 2.35. The number of nitrogens with one attached hydrogen (secondary N) is 2. The van der Waals surface area contributed by atoms with Gasteiger partial charge in [-0.15, -0.1) is 0 Å². The first kappa shape index (κ1) is 13.6. The molecule has 2 N–H and O–H groups in total. The SMILES string of the molecule is CCNCCNC(=O)C1CC12CCCc1ccccc12. The lowest BCUT2D eigenvalue weighted by molar-refractivity contribution is -0.122. The normalized spacial score (nSPS) is 27.1. The van der Waals surface area contributed by atoms with Gasteiger partial charge < -0.3 is 10.6 Å². The highest BCUT2D eigenvalue weighted by Crippen LogP contribution is 2.60. The molecule has 0 radical (unpaired) electrons. The number of hydrogen-bond donors (Lipinski definition) is 2. The van der Waals surface area contributed by atoms with E-state index in [0.29, 0.717) is 0 Å². The van der Waals surface area contributed by atoms with Gasteiger partial charge in [0.1, 0.15) is 0 Å². The minimum Gasteiger partial charge on any atom is -0.355 e. The van der Waals surface area contributed by atoms with Gasteiger partial charge in [-0.2, -0.15) is 0 Å². The quantitative estimate of drug-likeness (QED) is 0.805. The van der Waals surface area contributed by atoms with Gasteiger partial charge in [-0.3, -0.25) is 4.79 Å². The maximum absolute atomic E-state index is 12.3. The summed E-state index contributed by atoms with van der Waals surface area (Å²) in [5.41, 5.74) is 3.07. The number of hydrogen-bond acceptors (Lipinski definition) is 2. The summed E-state index contributed by atoms with van der Waals surface area (Å²) in [6.45, 7) is 4.63. The fraction of sp³-hybridized carbons (Fsp3) is 0.588. The van der Waals surface area contributed by atoms with Crippen molar-refractivity contribution in [3.8, 4) is 0 Å². The molecule has 3 nitrogen and oxygen atoms in total. The summed E-state index contributed by atoms with van der Waals surface area (Å²) >= 11 is 0. The Kier molecular flexibility index (Phi) is 3.79. The molecule has 0 saturated heterocycles. The van der Waals surface area contributed by atoms with Crippen LogP contribution in [0.25, 0.3) is 0 Å². The summed E-state index contributed by atoms with van der Waals surface area (Å²) in [5, 5.41) is 6.32. The summed E-state index contributed by atoms with van der Waals surface area (Å²) in [6.07, 6.45) is 4.61. The van der Waals surface area contributed by atoms with E-state index < -0.39 is 0 Å². The molecule has 1 aromatic carbocycles. The lowest BCUT2D eigenvalue weighted by Gasteiger charge is -2.26. The molecule has 0 aromatic heterocycles. The van der Waals surface area contributed by atoms with Crippen LogP contribution in [0.4, 0.5) is 0 Å². The van der Waals surface area contributed by atoms with Crippen LogP contribution in [0.15, 0.2) is 24.3 Å². The zero-order valence-corrected chi connectivity index (χ0v) is 12.2. The molecule has 20 heavy (non-hydrogen) atoms. The van der Waals surface area contributed by atoms with E-state index in [0.717, 1.165) is 26.1 Å². The number of aryl methyl sites for hydroxylation is 1. The topological polar surface area (TPSA) is 41.1 Å². The van der Waals surface area contributed by atoms with E-state index >= 15 is 0 Å². The number of rotatable bonds is 5. The summed E-state index contributed by atoms with van der Waals surface area (Å²) < 4.78 is 0. The largest absolute Gasteiger partial charge is 0.355 e. The van der Waals surface area contributed by atoms with Gasteiger partial charge in [0.05, 0.1) is 0 Å². The average Bonchev–Trinajstić information content (AvgIpc) is 3.19. The van der Waals surface area contributed by atoms with Gasteiger partial charge in [-0.05, 0) is 43.4 Å². The highest BCUT2D eigenvalue weighted by atomic mass is 16.2. The molecule has 2 aliphatic rings. The van der Waals surface area contributed by atoms with E-state index in [1.54, 1.807) is 0 Å². The fourth-order valence-electron chi connectivity index (χ4n) is 3.75. The summed E-state index contributed by atoms with van der Waals surface area (Å²) in [5.74, 6) is 0.449. The Morgan fingerprint density at radius 3 is 3.05 bits per heavy atom. The van der Waals surface area contributed by atoms with E-state index in [1.165, 1.54) is 30.4 Å². The average molecular weight is 272 g/mol. The number of amides is 1. The molecule has 0 heterocycles. The van der Waals surface area contributed by atoms with Gasteiger partial charge in [0.25, 0.3) is 0 Å². The molecule has 1 fully saturated rings. The summed E-state index contributed by atoms with van der Waals surface area (Å²) in [7, 11) is 0. The number of benzene rings is 1. The maximum atomic E-state index is 12.3. The van der Waals surface area contributed by atoms with Crippen LogP contribution in [0.2, 0.25) is 0 Å². The Balaban J connectivity index is 1.64. The van der Waals surface area contributed by atoms with Crippen LogP contribution in [0.5, 0.6) is 0 Å². The van der Waals surface area contributed by atoms with Crippen molar-refractivity contribution < 1.29 is 4.79 Å². The molecule has 2 atom stereocenters. The van der Waals surface area contributed by atoms with Crippen molar-refractivity contribution in [2.75, 3.05) is 19.6 Å². The predicted molar refractivity (Wildman–Crippen MR) is 80.7 cm³/mol. The number of carbonyl (C=O) groups is 1. The molecular formula is C17H24N2O. The molecular weight excluding hydrogens is 248 g/mol. The van der Waals surface area contributed by atoms with Crippen LogP contribution in [0.3, 0.4) is 0 Å². The smallest absolute Gasteiger partial charge is 0.224 e. The van der Waals surface area contributed by atoms with Gasteiger partial charge in [-0.25, -0.2) is 0 Å². The molecule has 2 aliphatic carbocycles. The molecule has 0 aliphatic heterocycles. The zero-order chi connectivity index (χ0) is 14.0. The van der Waals surface area contributed by atoms with Crippen molar-refractivity contribution in [3.05, 3.63) is 35.4 Å². The lowest BCUT2D eigenvalue weighted by atomic mass is 9.78. The second kappa shape index (κ2) is 5.57. The number of fused-ring (bicyclic) bond motifs is 2. The Morgan fingerprint density at radius 1 is 1.35 bits per heavy atom. The molecule has 2 unspecified atom stereocenters. The third-order valence-corrected chi connectivity index (χ3v) is 4.87. The van der Waals surface area contributed by atoms with E-state index in [9.17, 15) is 4.79 Å². The molecule has 1 saturated carbocycles. The van der Waals surface area contributed by atoms with Crippen LogP contribution >= 0.6 is 0 Å². The van der Waals surface area contributed by atoms with Crippen molar-refractivity contribution in [1.82, 2.24) is 10.6 Å². The van der Waals surface area contributed by atoms with Crippen LogP contribution in [0.1, 0.15) is 37.3 Å². The molecule has 1 aromatic rings. The molecule has 1 spiro atoms. The minimum absolute atomic E-state index is 0.164. The zero-order valence-electron chi connectivity index (χ0n) is 12.2. The fourth-order valence-corrected chi connectivity index (χ4v) is 3.75. The second-order valence-electron chi connectivity index (χ2n) is 6.07. The van der Waals surface area contributed by atoms with Gasteiger partial charge in [0, 0.05) is 24.4 Å². The van der Waals surface area contributed by atoms with Crippen LogP contribution in [-0.4, -0.2) is 25.5 Å². The predicted octanol–water partition coefficient (Wildman–Crippen LogP) is 2.01. The van der Waals surface area contributed by atoms with Crippen molar-refractivity contribution in [2.24, 2.45) is 5.92 Å². The van der Waals surface area contributed by atoms with Gasteiger partial charge in [0.2, 0.25) is 5.91 Å². The van der Waals surface area contributed by atoms with E-state index in [-0.39, 0.29) is 17.2 Å². The Bertz CT molecular complexity index is 500. The summed E-state index contributed by atoms with van der Waals surface area (Å²) in [6, 6.07) is 8.70. The van der Waals surface area contributed by atoms with Crippen LogP contribution in [-0.2, 0) is 16.6 Å².